The van der Waals surface area contributed by atoms with E-state index in [0.717, 1.165) is 16.9 Å². The van der Waals surface area contributed by atoms with Gasteiger partial charge in [-0.05, 0) is 73.0 Å². The number of esters is 1. The second kappa shape index (κ2) is 11.7. The Bertz CT molecular complexity index is 1410. The highest BCUT2D eigenvalue weighted by atomic mass is 35.5. The van der Waals surface area contributed by atoms with Crippen molar-refractivity contribution in [2.24, 2.45) is 0 Å². The van der Waals surface area contributed by atoms with E-state index in [1.165, 1.54) is 0 Å². The van der Waals surface area contributed by atoms with Gasteiger partial charge in [-0.25, -0.2) is 9.69 Å². The van der Waals surface area contributed by atoms with Crippen LogP contribution in [-0.4, -0.2) is 30.3 Å². The van der Waals surface area contributed by atoms with Gasteiger partial charge in [-0.15, -0.1) is 0 Å². The van der Waals surface area contributed by atoms with Gasteiger partial charge in [0, 0.05) is 16.9 Å². The summed E-state index contributed by atoms with van der Waals surface area (Å²) in [4.78, 5) is 51.6. The Morgan fingerprint density at radius 2 is 1.47 bits per heavy atom. The fourth-order valence-corrected chi connectivity index (χ4v) is 4.09. The molecule has 0 radical (unpaired) electrons. The van der Waals surface area contributed by atoms with Crippen molar-refractivity contribution in [2.45, 2.75) is 26.7 Å². The van der Waals surface area contributed by atoms with E-state index >= 15 is 0 Å². The largest absolute Gasteiger partial charge is 0.462 e. The van der Waals surface area contributed by atoms with Crippen LogP contribution in [0.15, 0.2) is 83.5 Å². The molecule has 0 saturated carbocycles. The highest BCUT2D eigenvalue weighted by molar-refractivity contribution is 6.53. The smallest absolute Gasteiger partial charge is 0.338 e. The molecule has 194 valence electrons. The van der Waals surface area contributed by atoms with E-state index in [-0.39, 0.29) is 16.6 Å². The maximum absolute atomic E-state index is 13.1. The van der Waals surface area contributed by atoms with Crippen LogP contribution in [-0.2, 0) is 20.7 Å². The van der Waals surface area contributed by atoms with Crippen molar-refractivity contribution in [1.82, 2.24) is 0 Å². The summed E-state index contributed by atoms with van der Waals surface area (Å²) in [5, 5.41) is 5.48. The standard InChI is InChI=1S/C29H26ClN3O5/c1-3-17-38-29(37)20-11-15-22(16-12-20)32-26(34)19-9-13-21(14-10-19)31-25-24(30)27(35)33(28(25)36)23-8-6-5-7-18(23)4-2/h5-16,31H,3-4,17H2,1-2H3,(H,32,34). The van der Waals surface area contributed by atoms with E-state index in [1.54, 1.807) is 60.7 Å². The van der Waals surface area contributed by atoms with Crippen molar-refractivity contribution in [3.05, 3.63) is 100 Å². The zero-order chi connectivity index (χ0) is 27.2. The van der Waals surface area contributed by atoms with Crippen LogP contribution in [0.4, 0.5) is 17.1 Å². The Labute approximate surface area is 225 Å². The zero-order valence-electron chi connectivity index (χ0n) is 20.9. The molecule has 1 aliphatic heterocycles. The number of hydrogen-bond donors (Lipinski definition) is 2. The number of halogens is 1. The molecule has 9 heteroatoms. The van der Waals surface area contributed by atoms with E-state index in [0.29, 0.717) is 41.2 Å². The monoisotopic (exact) mass is 531 g/mol. The Balaban J connectivity index is 1.42. The molecule has 8 nitrogen and oxygen atoms in total. The molecule has 3 aromatic carbocycles. The second-order valence-corrected chi connectivity index (χ2v) is 8.86. The number of benzene rings is 3. The zero-order valence-corrected chi connectivity index (χ0v) is 21.7. The molecule has 0 unspecified atom stereocenters. The summed E-state index contributed by atoms with van der Waals surface area (Å²) < 4.78 is 5.10. The molecule has 0 atom stereocenters. The van der Waals surface area contributed by atoms with Crippen LogP contribution < -0.4 is 15.5 Å². The number of amides is 3. The molecule has 2 N–H and O–H groups in total. The SMILES string of the molecule is CCCOC(=O)c1ccc(NC(=O)c2ccc(NC3=C(Cl)C(=O)N(c4ccccc4CC)C3=O)cc2)cc1. The van der Waals surface area contributed by atoms with Gasteiger partial charge >= 0.3 is 5.97 Å². The number of nitrogens with zero attached hydrogens (tertiary/aromatic N) is 1. The lowest BCUT2D eigenvalue weighted by molar-refractivity contribution is -0.120. The van der Waals surface area contributed by atoms with Gasteiger partial charge in [0.2, 0.25) is 0 Å². The quantitative estimate of drug-likeness (QED) is 0.279. The molecule has 3 aromatic rings. The van der Waals surface area contributed by atoms with Crippen molar-refractivity contribution in [1.29, 1.82) is 0 Å². The van der Waals surface area contributed by atoms with E-state index in [1.807, 2.05) is 26.0 Å². The predicted octanol–water partition coefficient (Wildman–Crippen LogP) is 5.50. The number of carbonyl (C=O) groups excluding carboxylic acids is 4. The number of ether oxygens (including phenoxy) is 1. The lowest BCUT2D eigenvalue weighted by atomic mass is 10.1. The maximum atomic E-state index is 13.1. The highest BCUT2D eigenvalue weighted by Crippen LogP contribution is 2.32. The first-order chi connectivity index (χ1) is 18.3. The van der Waals surface area contributed by atoms with Crippen molar-refractivity contribution < 1.29 is 23.9 Å². The first-order valence-electron chi connectivity index (χ1n) is 12.2. The number of aryl methyl sites for hydroxylation is 1. The Morgan fingerprint density at radius 3 is 2.13 bits per heavy atom. The minimum Gasteiger partial charge on any atom is -0.462 e. The van der Waals surface area contributed by atoms with Gasteiger partial charge in [-0.2, -0.15) is 0 Å². The molecule has 4 rings (SSSR count). The van der Waals surface area contributed by atoms with Crippen LogP contribution in [0.25, 0.3) is 0 Å². The van der Waals surface area contributed by atoms with Crippen LogP contribution in [0.1, 0.15) is 46.5 Å². The van der Waals surface area contributed by atoms with E-state index < -0.39 is 17.8 Å². The first-order valence-corrected chi connectivity index (χ1v) is 12.5. The summed E-state index contributed by atoms with van der Waals surface area (Å²) in [5.74, 6) is -1.92. The summed E-state index contributed by atoms with van der Waals surface area (Å²) in [6, 6.07) is 20.0. The number of para-hydroxylation sites is 1. The lowest BCUT2D eigenvalue weighted by Gasteiger charge is -2.18. The maximum Gasteiger partial charge on any atom is 0.338 e. The molecule has 38 heavy (non-hydrogen) atoms. The van der Waals surface area contributed by atoms with Crippen molar-refractivity contribution >= 4 is 52.4 Å². The minimum absolute atomic E-state index is 0.0303. The molecule has 0 fully saturated rings. The lowest BCUT2D eigenvalue weighted by Crippen LogP contribution is -2.33. The van der Waals surface area contributed by atoms with E-state index in [9.17, 15) is 19.2 Å². The number of anilines is 3. The molecule has 1 heterocycles. The summed E-state index contributed by atoms with van der Waals surface area (Å²) in [6.45, 7) is 4.20. The summed E-state index contributed by atoms with van der Waals surface area (Å²) in [5.41, 5.74) is 3.09. The Morgan fingerprint density at radius 1 is 0.842 bits per heavy atom. The topological polar surface area (TPSA) is 105 Å². The first kappa shape index (κ1) is 26.6. The van der Waals surface area contributed by atoms with Crippen molar-refractivity contribution in [2.75, 3.05) is 22.1 Å². The number of hydrogen-bond acceptors (Lipinski definition) is 6. The Kier molecular flexibility index (Phi) is 8.23. The van der Waals surface area contributed by atoms with E-state index in [4.69, 9.17) is 16.3 Å². The van der Waals surface area contributed by atoms with Crippen LogP contribution in [0.5, 0.6) is 0 Å². The summed E-state index contributed by atoms with van der Waals surface area (Å²) in [7, 11) is 0. The number of imide groups is 1. The average molecular weight is 532 g/mol. The molecule has 0 aromatic heterocycles. The fraction of sp³-hybridized carbons (Fsp3) is 0.172. The van der Waals surface area contributed by atoms with Gasteiger partial charge in [-0.1, -0.05) is 43.6 Å². The van der Waals surface area contributed by atoms with Gasteiger partial charge < -0.3 is 15.4 Å². The average Bonchev–Trinajstić information content (AvgIpc) is 3.15. The molecular weight excluding hydrogens is 506 g/mol. The third-order valence-electron chi connectivity index (χ3n) is 5.87. The normalized spacial score (nSPS) is 13.1. The number of carbonyl (C=O) groups is 4. The van der Waals surface area contributed by atoms with Gasteiger partial charge in [0.25, 0.3) is 17.7 Å². The minimum atomic E-state index is -0.597. The van der Waals surface area contributed by atoms with Crippen LogP contribution in [0, 0.1) is 0 Å². The van der Waals surface area contributed by atoms with Crippen LogP contribution >= 0.6 is 11.6 Å². The third kappa shape index (κ3) is 5.60. The number of rotatable bonds is 9. The summed E-state index contributed by atoms with van der Waals surface area (Å²) >= 11 is 6.25. The highest BCUT2D eigenvalue weighted by Gasteiger charge is 2.39. The van der Waals surface area contributed by atoms with Gasteiger partial charge in [-0.3, -0.25) is 14.4 Å². The molecule has 0 saturated heterocycles. The molecule has 0 aliphatic carbocycles. The van der Waals surface area contributed by atoms with Crippen molar-refractivity contribution in [3.63, 3.8) is 0 Å². The Hall–Kier alpha value is -4.43. The molecular formula is C29H26ClN3O5. The molecule has 0 spiro atoms. The summed E-state index contributed by atoms with van der Waals surface area (Å²) in [6.07, 6.45) is 1.38. The predicted molar refractivity (Wildman–Crippen MR) is 146 cm³/mol. The third-order valence-corrected chi connectivity index (χ3v) is 6.22. The fourth-order valence-electron chi connectivity index (χ4n) is 3.88. The van der Waals surface area contributed by atoms with E-state index in [2.05, 4.69) is 10.6 Å². The van der Waals surface area contributed by atoms with Gasteiger partial charge in [0.1, 0.15) is 10.7 Å². The van der Waals surface area contributed by atoms with Crippen LogP contribution in [0.3, 0.4) is 0 Å². The molecule has 0 bridgehead atoms. The van der Waals surface area contributed by atoms with Gasteiger partial charge in [0.05, 0.1) is 17.9 Å². The van der Waals surface area contributed by atoms with Gasteiger partial charge in [0.15, 0.2) is 0 Å². The second-order valence-electron chi connectivity index (χ2n) is 8.49. The molecule has 3 amide bonds. The van der Waals surface area contributed by atoms with Crippen molar-refractivity contribution in [3.8, 4) is 0 Å². The van der Waals surface area contributed by atoms with Crippen LogP contribution in [0.2, 0.25) is 0 Å². The molecule has 1 aliphatic rings. The number of nitrogens with one attached hydrogen (secondary N) is 2.